The van der Waals surface area contributed by atoms with Gasteiger partial charge in [0.05, 0.1) is 7.11 Å². The van der Waals surface area contributed by atoms with Gasteiger partial charge in [-0.3, -0.25) is 0 Å². The minimum Gasteiger partial charge on any atom is -0.497 e. The molecule has 2 aromatic rings. The maximum Gasteiger partial charge on any atom is 0.125 e. The van der Waals surface area contributed by atoms with E-state index in [0.717, 1.165) is 28.2 Å². The predicted octanol–water partition coefficient (Wildman–Crippen LogP) is 3.42. The Labute approximate surface area is 119 Å². The van der Waals surface area contributed by atoms with Crippen molar-refractivity contribution in [2.45, 2.75) is 20.0 Å². The number of para-hydroxylation sites is 1. The van der Waals surface area contributed by atoms with Gasteiger partial charge in [-0.05, 0) is 42.7 Å². The Hall–Kier alpha value is -2.00. The van der Waals surface area contributed by atoms with Gasteiger partial charge in [0.2, 0.25) is 0 Å². The highest BCUT2D eigenvalue weighted by atomic mass is 16.5. The number of rotatable bonds is 5. The van der Waals surface area contributed by atoms with Crippen LogP contribution in [0.15, 0.2) is 42.5 Å². The predicted molar refractivity (Wildman–Crippen MR) is 79.4 cm³/mol. The summed E-state index contributed by atoms with van der Waals surface area (Å²) in [6.45, 7) is 4.24. The number of hydrogen-bond donors (Lipinski definition) is 1. The molecule has 0 fully saturated rings. The van der Waals surface area contributed by atoms with E-state index in [1.54, 1.807) is 7.11 Å². The molecule has 106 valence electrons. The van der Waals surface area contributed by atoms with Crippen LogP contribution in [0.3, 0.4) is 0 Å². The summed E-state index contributed by atoms with van der Waals surface area (Å²) in [5.41, 5.74) is 2.97. The van der Waals surface area contributed by atoms with Crippen molar-refractivity contribution in [2.75, 3.05) is 13.7 Å². The van der Waals surface area contributed by atoms with Gasteiger partial charge in [-0.25, -0.2) is 0 Å². The lowest BCUT2D eigenvalue weighted by atomic mass is 10.1. The van der Waals surface area contributed by atoms with Crippen LogP contribution < -0.4 is 9.47 Å². The number of aliphatic hydroxyl groups excluding tert-OH is 1. The number of aliphatic hydroxyl groups is 1. The molecule has 0 radical (unpaired) electrons. The van der Waals surface area contributed by atoms with Gasteiger partial charge in [-0.15, -0.1) is 0 Å². The van der Waals surface area contributed by atoms with Gasteiger partial charge in [-0.2, -0.15) is 0 Å². The van der Waals surface area contributed by atoms with E-state index >= 15 is 0 Å². The molecule has 1 N–H and O–H groups in total. The third-order valence-electron chi connectivity index (χ3n) is 3.29. The summed E-state index contributed by atoms with van der Waals surface area (Å²) < 4.78 is 10.9. The van der Waals surface area contributed by atoms with Gasteiger partial charge in [0.15, 0.2) is 0 Å². The zero-order chi connectivity index (χ0) is 14.5. The van der Waals surface area contributed by atoms with Crippen LogP contribution in [0.4, 0.5) is 0 Å². The van der Waals surface area contributed by atoms with Crippen LogP contribution in [-0.4, -0.2) is 18.8 Å². The van der Waals surface area contributed by atoms with Crippen LogP contribution in [0.2, 0.25) is 0 Å². The molecule has 3 nitrogen and oxygen atoms in total. The molecule has 0 spiro atoms. The summed E-state index contributed by atoms with van der Waals surface area (Å²) in [6, 6.07) is 13.4. The second kappa shape index (κ2) is 6.44. The van der Waals surface area contributed by atoms with Crippen LogP contribution >= 0.6 is 0 Å². The number of hydrogen-bond acceptors (Lipinski definition) is 3. The Morgan fingerprint density at radius 3 is 2.15 bits per heavy atom. The lowest BCUT2D eigenvalue weighted by Crippen LogP contribution is -2.10. The molecular formula is C17H20O3. The number of ether oxygens (including phenoxy) is 2. The summed E-state index contributed by atoms with van der Waals surface area (Å²) in [5.74, 6) is 1.62. The molecule has 0 aliphatic carbocycles. The lowest BCUT2D eigenvalue weighted by Gasteiger charge is -2.16. The smallest absolute Gasteiger partial charge is 0.125 e. The fourth-order valence-electron chi connectivity index (χ4n) is 2.11. The van der Waals surface area contributed by atoms with E-state index in [0.29, 0.717) is 0 Å². The van der Waals surface area contributed by atoms with Crippen molar-refractivity contribution >= 4 is 0 Å². The van der Waals surface area contributed by atoms with Crippen LogP contribution in [0.25, 0.3) is 0 Å². The molecule has 0 bridgehead atoms. The van der Waals surface area contributed by atoms with E-state index in [4.69, 9.17) is 9.47 Å². The Morgan fingerprint density at radius 1 is 1.00 bits per heavy atom. The molecular weight excluding hydrogens is 252 g/mol. The highest BCUT2D eigenvalue weighted by Gasteiger charge is 2.10. The van der Waals surface area contributed by atoms with E-state index in [-0.39, 0.29) is 6.61 Å². The van der Waals surface area contributed by atoms with E-state index in [1.165, 1.54) is 0 Å². The Kier molecular flexibility index (Phi) is 4.64. The fraction of sp³-hybridized carbons (Fsp3) is 0.294. The normalized spacial score (nSPS) is 12.0. The summed E-state index contributed by atoms with van der Waals surface area (Å²) in [4.78, 5) is 0. The first-order chi connectivity index (χ1) is 9.61. The quantitative estimate of drug-likeness (QED) is 0.906. The molecule has 20 heavy (non-hydrogen) atoms. The molecule has 0 heterocycles. The first-order valence-corrected chi connectivity index (χ1v) is 6.63. The first kappa shape index (κ1) is 14.4. The zero-order valence-electron chi connectivity index (χ0n) is 12.1. The van der Waals surface area contributed by atoms with Gasteiger partial charge < -0.3 is 14.6 Å². The molecule has 1 atom stereocenters. The number of methoxy groups -OCH3 is 1. The van der Waals surface area contributed by atoms with Crippen molar-refractivity contribution in [3.63, 3.8) is 0 Å². The van der Waals surface area contributed by atoms with Crippen molar-refractivity contribution in [2.24, 2.45) is 0 Å². The highest BCUT2D eigenvalue weighted by molar-refractivity contribution is 5.39. The number of aryl methyl sites for hydroxylation is 2. The summed E-state index contributed by atoms with van der Waals surface area (Å²) in [6.07, 6.45) is -0.653. The third-order valence-corrected chi connectivity index (χ3v) is 3.29. The van der Waals surface area contributed by atoms with Crippen LogP contribution in [0, 0.1) is 13.8 Å². The Morgan fingerprint density at radius 2 is 1.60 bits per heavy atom. The molecule has 0 aliphatic rings. The highest BCUT2D eigenvalue weighted by Crippen LogP contribution is 2.24. The average molecular weight is 272 g/mol. The molecule has 2 rings (SSSR count). The minimum absolute atomic E-state index is 0.234. The van der Waals surface area contributed by atoms with E-state index in [9.17, 15) is 5.11 Å². The van der Waals surface area contributed by atoms with Gasteiger partial charge in [0, 0.05) is 0 Å². The van der Waals surface area contributed by atoms with E-state index < -0.39 is 6.10 Å². The topological polar surface area (TPSA) is 38.7 Å². The van der Waals surface area contributed by atoms with Gasteiger partial charge in [-0.1, -0.05) is 30.3 Å². The first-order valence-electron chi connectivity index (χ1n) is 6.63. The summed E-state index contributed by atoms with van der Waals surface area (Å²) in [5, 5.41) is 10.2. The van der Waals surface area contributed by atoms with Gasteiger partial charge >= 0.3 is 0 Å². The van der Waals surface area contributed by atoms with Gasteiger partial charge in [0.25, 0.3) is 0 Å². The lowest BCUT2D eigenvalue weighted by molar-refractivity contribution is 0.107. The zero-order valence-corrected chi connectivity index (χ0v) is 12.1. The van der Waals surface area contributed by atoms with E-state index in [1.807, 2.05) is 56.3 Å². The number of benzene rings is 2. The molecule has 0 amide bonds. The average Bonchev–Trinajstić information content (AvgIpc) is 2.46. The summed E-state index contributed by atoms with van der Waals surface area (Å²) >= 11 is 0. The van der Waals surface area contributed by atoms with Crippen molar-refractivity contribution in [3.05, 3.63) is 59.2 Å². The van der Waals surface area contributed by atoms with Crippen molar-refractivity contribution in [3.8, 4) is 11.5 Å². The molecule has 2 aromatic carbocycles. The molecule has 0 saturated carbocycles. The second-order valence-corrected chi connectivity index (χ2v) is 4.82. The monoisotopic (exact) mass is 272 g/mol. The Bertz CT molecular complexity index is 541. The van der Waals surface area contributed by atoms with Gasteiger partial charge in [0.1, 0.15) is 24.2 Å². The SMILES string of the molecule is COc1ccc(C(O)COc2c(C)cccc2C)cc1. The Balaban J connectivity index is 2.02. The van der Waals surface area contributed by atoms with Crippen molar-refractivity contribution in [1.82, 2.24) is 0 Å². The molecule has 0 aromatic heterocycles. The largest absolute Gasteiger partial charge is 0.497 e. The molecule has 3 heteroatoms. The minimum atomic E-state index is -0.653. The molecule has 0 saturated heterocycles. The van der Waals surface area contributed by atoms with E-state index in [2.05, 4.69) is 0 Å². The maximum absolute atomic E-state index is 10.2. The fourth-order valence-corrected chi connectivity index (χ4v) is 2.11. The molecule has 0 aliphatic heterocycles. The molecule has 1 unspecified atom stereocenters. The van der Waals surface area contributed by atoms with Crippen molar-refractivity contribution in [1.29, 1.82) is 0 Å². The third kappa shape index (κ3) is 3.31. The maximum atomic E-state index is 10.2. The van der Waals surface area contributed by atoms with Crippen LogP contribution in [0.1, 0.15) is 22.8 Å². The second-order valence-electron chi connectivity index (χ2n) is 4.82. The van der Waals surface area contributed by atoms with Crippen molar-refractivity contribution < 1.29 is 14.6 Å². The van der Waals surface area contributed by atoms with Crippen LogP contribution in [0.5, 0.6) is 11.5 Å². The summed E-state index contributed by atoms with van der Waals surface area (Å²) in [7, 11) is 1.62. The van der Waals surface area contributed by atoms with Crippen LogP contribution in [-0.2, 0) is 0 Å². The standard InChI is InChI=1S/C17H20O3/c1-12-5-4-6-13(2)17(12)20-11-16(18)14-7-9-15(19-3)10-8-14/h4-10,16,18H,11H2,1-3H3.